The summed E-state index contributed by atoms with van der Waals surface area (Å²) in [5.74, 6) is 0. The fourth-order valence-corrected chi connectivity index (χ4v) is 2.86. The molecule has 2 heteroatoms. The van der Waals surface area contributed by atoms with Gasteiger partial charge in [-0.15, -0.1) is 0 Å². The molecule has 0 bridgehead atoms. The second-order valence-corrected chi connectivity index (χ2v) is 6.33. The Kier molecular flexibility index (Phi) is 8.63. The molecule has 0 aromatic heterocycles. The molecule has 0 atom stereocenters. The van der Waals surface area contributed by atoms with Crippen molar-refractivity contribution in [1.82, 2.24) is 0 Å². The summed E-state index contributed by atoms with van der Waals surface area (Å²) in [4.78, 5) is 0. The molecule has 0 spiro atoms. The summed E-state index contributed by atoms with van der Waals surface area (Å²) in [5.41, 5.74) is 1.79. The summed E-state index contributed by atoms with van der Waals surface area (Å²) in [5, 5.41) is 19.6. The van der Waals surface area contributed by atoms with E-state index < -0.39 is 5.41 Å². The van der Waals surface area contributed by atoms with Crippen molar-refractivity contribution in [2.45, 2.75) is 70.6 Å². The number of aliphatic hydroxyl groups is 2. The van der Waals surface area contributed by atoms with Crippen molar-refractivity contribution in [2.75, 3.05) is 13.2 Å². The number of unbranched alkanes of at least 4 members (excludes halogenated alkanes) is 6. The average Bonchev–Trinajstić information content (AvgIpc) is 2.52. The molecule has 1 rings (SSSR count). The molecule has 2 N–H and O–H groups in total. The Morgan fingerprint density at radius 3 is 1.86 bits per heavy atom. The first-order chi connectivity index (χ1) is 10.2. The number of aryl methyl sites for hydroxylation is 1. The van der Waals surface area contributed by atoms with E-state index >= 15 is 0 Å². The van der Waals surface area contributed by atoms with Crippen LogP contribution in [0.2, 0.25) is 0 Å². The number of hydrogen-bond donors (Lipinski definition) is 2. The minimum atomic E-state index is -0.475. The number of hydrogen-bond acceptors (Lipinski definition) is 2. The van der Waals surface area contributed by atoms with Crippen LogP contribution in [0, 0.1) is 6.92 Å². The highest BCUT2D eigenvalue weighted by Crippen LogP contribution is 2.30. The predicted octanol–water partition coefficient (Wildman–Crippen LogP) is 4.36. The fourth-order valence-electron chi connectivity index (χ4n) is 2.86. The van der Waals surface area contributed by atoms with E-state index in [0.717, 1.165) is 18.4 Å². The third kappa shape index (κ3) is 5.80. The third-order valence-corrected chi connectivity index (χ3v) is 4.53. The zero-order valence-corrected chi connectivity index (χ0v) is 13.8. The van der Waals surface area contributed by atoms with Gasteiger partial charge < -0.3 is 10.2 Å². The van der Waals surface area contributed by atoms with E-state index in [0.29, 0.717) is 0 Å². The summed E-state index contributed by atoms with van der Waals surface area (Å²) < 4.78 is 0. The zero-order valence-electron chi connectivity index (χ0n) is 13.8. The molecule has 0 aliphatic rings. The maximum atomic E-state index is 9.81. The maximum Gasteiger partial charge on any atom is 0.0550 e. The van der Waals surface area contributed by atoms with Gasteiger partial charge in [0.2, 0.25) is 0 Å². The van der Waals surface area contributed by atoms with Crippen LogP contribution in [0.1, 0.15) is 69.4 Å². The first kappa shape index (κ1) is 18.2. The van der Waals surface area contributed by atoms with E-state index in [1.807, 2.05) is 12.1 Å². The van der Waals surface area contributed by atoms with Crippen molar-refractivity contribution in [3.63, 3.8) is 0 Å². The van der Waals surface area contributed by atoms with E-state index in [1.54, 1.807) is 0 Å². The largest absolute Gasteiger partial charge is 0.395 e. The molecule has 2 nitrogen and oxygen atoms in total. The van der Waals surface area contributed by atoms with Crippen molar-refractivity contribution < 1.29 is 10.2 Å². The van der Waals surface area contributed by atoms with E-state index in [4.69, 9.17) is 0 Å². The lowest BCUT2D eigenvalue weighted by Gasteiger charge is -2.30. The summed E-state index contributed by atoms with van der Waals surface area (Å²) >= 11 is 0. The van der Waals surface area contributed by atoms with Crippen LogP contribution in [-0.4, -0.2) is 23.4 Å². The van der Waals surface area contributed by atoms with Gasteiger partial charge in [0.05, 0.1) is 13.2 Å². The molecule has 1 aromatic carbocycles. The van der Waals surface area contributed by atoms with Gasteiger partial charge in [0.25, 0.3) is 0 Å². The van der Waals surface area contributed by atoms with Gasteiger partial charge in [0.15, 0.2) is 0 Å². The lowest BCUT2D eigenvalue weighted by Crippen LogP contribution is -2.34. The lowest BCUT2D eigenvalue weighted by atomic mass is 9.77. The standard InChI is InChI=1S/C19H32O2/c1-3-4-5-6-7-8-9-14-19(15-20,16-21)18-12-10-17(2)11-13-18/h10-13,20-21H,3-9,14-16H2,1-2H3. The second kappa shape index (κ2) is 9.97. The van der Waals surface area contributed by atoms with Gasteiger partial charge >= 0.3 is 0 Å². The molecule has 120 valence electrons. The van der Waals surface area contributed by atoms with Gasteiger partial charge in [-0.1, -0.05) is 81.7 Å². The zero-order chi connectivity index (χ0) is 15.6. The SMILES string of the molecule is CCCCCCCCCC(CO)(CO)c1ccc(C)cc1. The third-order valence-electron chi connectivity index (χ3n) is 4.53. The minimum Gasteiger partial charge on any atom is -0.395 e. The Morgan fingerprint density at radius 2 is 1.33 bits per heavy atom. The van der Waals surface area contributed by atoms with Gasteiger partial charge in [-0.05, 0) is 18.9 Å². The number of rotatable bonds is 11. The molecule has 0 radical (unpaired) electrons. The molecule has 21 heavy (non-hydrogen) atoms. The van der Waals surface area contributed by atoms with Gasteiger partial charge in [0.1, 0.15) is 0 Å². The summed E-state index contributed by atoms with van der Waals surface area (Å²) in [7, 11) is 0. The molecular weight excluding hydrogens is 260 g/mol. The van der Waals surface area contributed by atoms with Crippen LogP contribution in [0.4, 0.5) is 0 Å². The topological polar surface area (TPSA) is 40.5 Å². The first-order valence-electron chi connectivity index (χ1n) is 8.47. The maximum absolute atomic E-state index is 9.81. The molecule has 0 unspecified atom stereocenters. The van der Waals surface area contributed by atoms with Crippen LogP contribution in [-0.2, 0) is 5.41 Å². The van der Waals surface area contributed by atoms with Gasteiger partial charge in [-0.2, -0.15) is 0 Å². The fraction of sp³-hybridized carbons (Fsp3) is 0.684. The summed E-state index contributed by atoms with van der Waals surface area (Å²) in [6.45, 7) is 4.32. The number of aliphatic hydroxyl groups excluding tert-OH is 2. The Balaban J connectivity index is 2.47. The van der Waals surface area contributed by atoms with Crippen LogP contribution >= 0.6 is 0 Å². The van der Waals surface area contributed by atoms with E-state index in [1.165, 1.54) is 44.1 Å². The van der Waals surface area contributed by atoms with Crippen molar-refractivity contribution in [1.29, 1.82) is 0 Å². The molecule has 0 heterocycles. The van der Waals surface area contributed by atoms with Crippen LogP contribution in [0.15, 0.2) is 24.3 Å². The minimum absolute atomic E-state index is 0.0163. The molecule has 0 saturated heterocycles. The van der Waals surface area contributed by atoms with Crippen molar-refractivity contribution in [2.24, 2.45) is 0 Å². The molecule has 0 fully saturated rings. The van der Waals surface area contributed by atoms with Crippen molar-refractivity contribution in [3.05, 3.63) is 35.4 Å². The lowest BCUT2D eigenvalue weighted by molar-refractivity contribution is 0.107. The number of benzene rings is 1. The van der Waals surface area contributed by atoms with E-state index in [-0.39, 0.29) is 13.2 Å². The van der Waals surface area contributed by atoms with Crippen molar-refractivity contribution >= 4 is 0 Å². The molecule has 0 aliphatic carbocycles. The first-order valence-corrected chi connectivity index (χ1v) is 8.47. The second-order valence-electron chi connectivity index (χ2n) is 6.33. The smallest absolute Gasteiger partial charge is 0.0550 e. The van der Waals surface area contributed by atoms with Crippen molar-refractivity contribution in [3.8, 4) is 0 Å². The summed E-state index contributed by atoms with van der Waals surface area (Å²) in [6, 6.07) is 8.20. The van der Waals surface area contributed by atoms with Crippen LogP contribution in [0.25, 0.3) is 0 Å². The van der Waals surface area contributed by atoms with E-state index in [2.05, 4.69) is 26.0 Å². The highest BCUT2D eigenvalue weighted by Gasteiger charge is 2.30. The summed E-state index contributed by atoms with van der Waals surface area (Å²) in [6.07, 6.45) is 9.64. The van der Waals surface area contributed by atoms with Crippen LogP contribution in [0.5, 0.6) is 0 Å². The molecule has 0 aliphatic heterocycles. The monoisotopic (exact) mass is 292 g/mol. The van der Waals surface area contributed by atoms with Crippen LogP contribution in [0.3, 0.4) is 0 Å². The van der Waals surface area contributed by atoms with Gasteiger partial charge in [-0.3, -0.25) is 0 Å². The molecular formula is C19H32O2. The van der Waals surface area contributed by atoms with Gasteiger partial charge in [0, 0.05) is 5.41 Å². The Morgan fingerprint density at radius 1 is 0.810 bits per heavy atom. The average molecular weight is 292 g/mol. The van der Waals surface area contributed by atoms with Crippen LogP contribution < -0.4 is 0 Å². The van der Waals surface area contributed by atoms with Gasteiger partial charge in [-0.25, -0.2) is 0 Å². The predicted molar refractivity (Wildman–Crippen MR) is 89.6 cm³/mol. The highest BCUT2D eigenvalue weighted by atomic mass is 16.3. The van der Waals surface area contributed by atoms with E-state index in [9.17, 15) is 10.2 Å². The highest BCUT2D eigenvalue weighted by molar-refractivity contribution is 5.29. The molecule has 0 amide bonds. The Hall–Kier alpha value is -0.860. The Bertz CT molecular complexity index is 366. The normalized spacial score (nSPS) is 11.8. The molecule has 0 saturated carbocycles. The molecule has 1 aromatic rings. The Labute approximate surface area is 130 Å². The quantitative estimate of drug-likeness (QED) is 0.595.